The highest BCUT2D eigenvalue weighted by Crippen LogP contribution is 2.15. The molecule has 0 spiro atoms. The van der Waals surface area contributed by atoms with E-state index >= 15 is 0 Å². The summed E-state index contributed by atoms with van der Waals surface area (Å²) in [6.45, 7) is 0.899. The lowest BCUT2D eigenvalue weighted by Gasteiger charge is -2.21. The Balaban J connectivity index is 1.80. The molecule has 0 radical (unpaired) electrons. The Bertz CT molecular complexity index is 460. The van der Waals surface area contributed by atoms with E-state index in [0.717, 1.165) is 24.8 Å². The number of esters is 1. The number of aliphatic hydroxyl groups is 1. The van der Waals surface area contributed by atoms with E-state index in [9.17, 15) is 4.79 Å². The molecule has 1 heterocycles. The van der Waals surface area contributed by atoms with Crippen molar-refractivity contribution in [3.05, 3.63) is 35.9 Å². The minimum Gasteiger partial charge on any atom is -0.491 e. The predicted octanol–water partition coefficient (Wildman–Crippen LogP) is 2.14. The van der Waals surface area contributed by atoms with Crippen molar-refractivity contribution in [3.8, 4) is 5.75 Å². The summed E-state index contributed by atoms with van der Waals surface area (Å²) in [6, 6.07) is 7.22. The summed E-state index contributed by atoms with van der Waals surface area (Å²) in [5.41, 5.74) is 0.868. The molecule has 2 rings (SSSR count). The number of aliphatic hydroxyl groups excluding tert-OH is 1. The van der Waals surface area contributed by atoms with Gasteiger partial charge in [-0.25, -0.2) is 4.79 Å². The molecule has 1 aliphatic heterocycles. The van der Waals surface area contributed by atoms with Gasteiger partial charge in [0.2, 0.25) is 6.29 Å². The number of ether oxygens (including phenoxy) is 3. The highest BCUT2D eigenvalue weighted by Gasteiger charge is 2.16. The third-order valence-electron chi connectivity index (χ3n) is 3.04. The lowest BCUT2D eigenvalue weighted by molar-refractivity contribution is -0.181. The Morgan fingerprint density at radius 3 is 2.81 bits per heavy atom. The molecule has 0 aromatic heterocycles. The maximum absolute atomic E-state index is 11.7. The fraction of sp³-hybridized carbons (Fsp3) is 0.438. The molecular weight excluding hydrogens is 272 g/mol. The first-order valence-electron chi connectivity index (χ1n) is 7.12. The highest BCUT2D eigenvalue weighted by atomic mass is 16.7. The van der Waals surface area contributed by atoms with Crippen molar-refractivity contribution in [2.24, 2.45) is 0 Å². The zero-order valence-corrected chi connectivity index (χ0v) is 11.9. The molecule has 5 nitrogen and oxygen atoms in total. The fourth-order valence-electron chi connectivity index (χ4n) is 1.98. The van der Waals surface area contributed by atoms with Gasteiger partial charge in [0.25, 0.3) is 0 Å². The van der Waals surface area contributed by atoms with Crippen LogP contribution >= 0.6 is 0 Å². The number of rotatable bonds is 6. The summed E-state index contributed by atoms with van der Waals surface area (Å²) in [4.78, 5) is 11.7. The van der Waals surface area contributed by atoms with Crippen LogP contribution in [0, 0.1) is 0 Å². The first-order chi connectivity index (χ1) is 10.3. The first kappa shape index (κ1) is 15.5. The Morgan fingerprint density at radius 2 is 2.14 bits per heavy atom. The second kappa shape index (κ2) is 8.44. The number of hydrogen-bond acceptors (Lipinski definition) is 5. The summed E-state index contributed by atoms with van der Waals surface area (Å²) < 4.78 is 15.8. The largest absolute Gasteiger partial charge is 0.491 e. The van der Waals surface area contributed by atoms with Gasteiger partial charge in [0, 0.05) is 12.5 Å². The van der Waals surface area contributed by atoms with Crippen LogP contribution in [0.5, 0.6) is 5.75 Å². The van der Waals surface area contributed by atoms with Gasteiger partial charge in [-0.2, -0.15) is 0 Å². The van der Waals surface area contributed by atoms with Crippen LogP contribution < -0.4 is 4.74 Å². The third kappa shape index (κ3) is 5.57. The summed E-state index contributed by atoms with van der Waals surface area (Å²) in [5.74, 6) is 0.280. The highest BCUT2D eigenvalue weighted by molar-refractivity contribution is 5.87. The summed E-state index contributed by atoms with van der Waals surface area (Å²) >= 11 is 0. The second-order valence-corrected chi connectivity index (χ2v) is 4.71. The Kier molecular flexibility index (Phi) is 6.24. The van der Waals surface area contributed by atoms with Crippen molar-refractivity contribution in [3.63, 3.8) is 0 Å². The van der Waals surface area contributed by atoms with Crippen LogP contribution in [0.15, 0.2) is 30.3 Å². The smallest absolute Gasteiger partial charge is 0.333 e. The van der Waals surface area contributed by atoms with Gasteiger partial charge in [0.15, 0.2) is 0 Å². The van der Waals surface area contributed by atoms with Crippen LogP contribution in [-0.2, 0) is 14.3 Å². The van der Waals surface area contributed by atoms with Crippen molar-refractivity contribution >= 4 is 12.0 Å². The standard InChI is InChI=1S/C16H20O5/c17-10-12-19-14-7-4-13(5-8-14)6-9-15(18)21-16-3-1-2-11-20-16/h4-9,16-17H,1-3,10-12H2. The van der Waals surface area contributed by atoms with Crippen molar-refractivity contribution in [2.75, 3.05) is 19.8 Å². The van der Waals surface area contributed by atoms with Crippen LogP contribution in [0.4, 0.5) is 0 Å². The number of carbonyl (C=O) groups is 1. The van der Waals surface area contributed by atoms with E-state index in [2.05, 4.69) is 0 Å². The fourth-order valence-corrected chi connectivity index (χ4v) is 1.98. The molecule has 0 amide bonds. The van der Waals surface area contributed by atoms with E-state index in [1.54, 1.807) is 18.2 Å². The Morgan fingerprint density at radius 1 is 1.33 bits per heavy atom. The van der Waals surface area contributed by atoms with E-state index < -0.39 is 12.3 Å². The van der Waals surface area contributed by atoms with Gasteiger partial charge >= 0.3 is 5.97 Å². The third-order valence-corrected chi connectivity index (χ3v) is 3.04. The normalized spacial score (nSPS) is 18.6. The Hall–Kier alpha value is -1.85. The van der Waals surface area contributed by atoms with Crippen LogP contribution in [0.25, 0.3) is 6.08 Å². The summed E-state index contributed by atoms with van der Waals surface area (Å²) in [7, 11) is 0. The van der Waals surface area contributed by atoms with Gasteiger partial charge in [0.05, 0.1) is 13.2 Å². The molecule has 1 N–H and O–H groups in total. The zero-order chi connectivity index (χ0) is 14.9. The lowest BCUT2D eigenvalue weighted by atomic mass is 10.2. The topological polar surface area (TPSA) is 65.0 Å². The van der Waals surface area contributed by atoms with Crippen molar-refractivity contribution in [1.29, 1.82) is 0 Å². The molecular formula is C16H20O5. The molecule has 0 bridgehead atoms. The van der Waals surface area contributed by atoms with Crippen LogP contribution in [0.3, 0.4) is 0 Å². The van der Waals surface area contributed by atoms with E-state index in [4.69, 9.17) is 19.3 Å². The maximum Gasteiger partial charge on any atom is 0.333 e. The van der Waals surface area contributed by atoms with E-state index in [1.807, 2.05) is 12.1 Å². The average Bonchev–Trinajstić information content (AvgIpc) is 2.53. The molecule has 1 aliphatic rings. The monoisotopic (exact) mass is 292 g/mol. The van der Waals surface area contributed by atoms with Gasteiger partial charge in [-0.15, -0.1) is 0 Å². The molecule has 1 aromatic carbocycles. The van der Waals surface area contributed by atoms with Gasteiger partial charge in [-0.05, 0) is 36.6 Å². The second-order valence-electron chi connectivity index (χ2n) is 4.71. The van der Waals surface area contributed by atoms with E-state index in [-0.39, 0.29) is 13.2 Å². The predicted molar refractivity (Wildman–Crippen MR) is 77.7 cm³/mol. The quantitative estimate of drug-likeness (QED) is 0.643. The van der Waals surface area contributed by atoms with Gasteiger partial charge < -0.3 is 19.3 Å². The molecule has 21 heavy (non-hydrogen) atoms. The molecule has 0 aliphatic carbocycles. The summed E-state index contributed by atoms with van der Waals surface area (Å²) in [5, 5.41) is 8.66. The zero-order valence-electron chi connectivity index (χ0n) is 11.9. The Labute approximate surface area is 124 Å². The number of hydrogen-bond donors (Lipinski definition) is 1. The van der Waals surface area contributed by atoms with Gasteiger partial charge in [0.1, 0.15) is 12.4 Å². The van der Waals surface area contributed by atoms with Gasteiger partial charge in [-0.3, -0.25) is 0 Å². The maximum atomic E-state index is 11.7. The number of carbonyl (C=O) groups excluding carboxylic acids is 1. The van der Waals surface area contributed by atoms with Crippen LogP contribution in [-0.4, -0.2) is 37.2 Å². The molecule has 1 aromatic rings. The van der Waals surface area contributed by atoms with Crippen LogP contribution in [0.1, 0.15) is 24.8 Å². The molecule has 5 heteroatoms. The van der Waals surface area contributed by atoms with Crippen molar-refractivity contribution in [2.45, 2.75) is 25.6 Å². The minimum atomic E-state index is -0.412. The SMILES string of the molecule is O=C(C=Cc1ccc(OCCO)cc1)OC1CCCCO1. The molecule has 1 unspecified atom stereocenters. The average molecular weight is 292 g/mol. The molecule has 114 valence electrons. The van der Waals surface area contributed by atoms with Crippen molar-refractivity contribution in [1.82, 2.24) is 0 Å². The summed E-state index contributed by atoms with van der Waals surface area (Å²) in [6.07, 6.45) is 5.47. The minimum absolute atomic E-state index is 0.0171. The van der Waals surface area contributed by atoms with Crippen molar-refractivity contribution < 1.29 is 24.1 Å². The molecule has 1 atom stereocenters. The van der Waals surface area contributed by atoms with E-state index in [1.165, 1.54) is 6.08 Å². The molecule has 1 fully saturated rings. The molecule has 0 saturated carbocycles. The van der Waals surface area contributed by atoms with E-state index in [0.29, 0.717) is 12.4 Å². The van der Waals surface area contributed by atoms with Crippen LogP contribution in [0.2, 0.25) is 0 Å². The van der Waals surface area contributed by atoms with Gasteiger partial charge in [-0.1, -0.05) is 12.1 Å². The number of benzene rings is 1. The first-order valence-corrected chi connectivity index (χ1v) is 7.12. The molecule has 1 saturated heterocycles. The lowest BCUT2D eigenvalue weighted by Crippen LogP contribution is -2.24.